The van der Waals surface area contributed by atoms with Crippen molar-refractivity contribution < 1.29 is 20.1 Å². The molecule has 7 N–H and O–H groups in total. The summed E-state index contributed by atoms with van der Waals surface area (Å²) in [7, 11) is 0. The highest BCUT2D eigenvalue weighted by Crippen LogP contribution is 2.39. The molecule has 1 aliphatic rings. The molecule has 124 valence electrons. The molecule has 1 fully saturated rings. The highest BCUT2D eigenvalue weighted by Gasteiger charge is 2.45. The molecule has 1 aliphatic heterocycles. The van der Waals surface area contributed by atoms with Crippen LogP contribution in [0.25, 0.3) is 11.0 Å². The number of hydrogen-bond donors (Lipinski definition) is 5. The van der Waals surface area contributed by atoms with Crippen LogP contribution in [0.3, 0.4) is 0 Å². The van der Waals surface area contributed by atoms with Gasteiger partial charge >= 0.3 is 0 Å². The average Bonchev–Trinajstić information content (AvgIpc) is 2.95. The Morgan fingerprint density at radius 2 is 2.09 bits per heavy atom. The molecular weight excluding hydrogens is 390 g/mol. The van der Waals surface area contributed by atoms with Gasteiger partial charge in [-0.2, -0.15) is 0 Å². The molecule has 0 saturated carbocycles. The van der Waals surface area contributed by atoms with Gasteiger partial charge in [0, 0.05) is 0 Å². The summed E-state index contributed by atoms with van der Waals surface area (Å²) in [6, 6.07) is 0. The third-order valence-corrected chi connectivity index (χ3v) is 4.75. The van der Waals surface area contributed by atoms with Gasteiger partial charge < -0.3 is 31.5 Å². The highest BCUT2D eigenvalue weighted by molar-refractivity contribution is 9.10. The number of aliphatic hydroxyl groups excluding tert-OH is 3. The number of hydrogen-bond acceptors (Lipinski definition) is 8. The van der Waals surface area contributed by atoms with Crippen LogP contribution in [-0.2, 0) is 4.74 Å². The SMILES string of the molecule is NC(=S)c1c(Br)n([C@H]2O[C@@H](CO)[C@@H](O)[C@@H]2O)c2ncnc(N)c12. The molecule has 11 heteroatoms. The van der Waals surface area contributed by atoms with Crippen molar-refractivity contribution in [2.24, 2.45) is 5.73 Å². The predicted octanol–water partition coefficient (Wildman–Crippen LogP) is -0.978. The molecule has 0 spiro atoms. The number of halogens is 1. The van der Waals surface area contributed by atoms with Crippen molar-refractivity contribution >= 4 is 50.0 Å². The van der Waals surface area contributed by atoms with Gasteiger partial charge in [0.2, 0.25) is 0 Å². The number of aliphatic hydroxyl groups is 3. The molecule has 2 aromatic rings. The molecule has 23 heavy (non-hydrogen) atoms. The topological polar surface area (TPSA) is 153 Å². The van der Waals surface area contributed by atoms with Gasteiger partial charge in [-0.1, -0.05) is 12.2 Å². The van der Waals surface area contributed by atoms with Gasteiger partial charge in [0.15, 0.2) is 6.23 Å². The van der Waals surface area contributed by atoms with Crippen molar-refractivity contribution in [3.05, 3.63) is 16.5 Å². The maximum atomic E-state index is 10.2. The van der Waals surface area contributed by atoms with Gasteiger partial charge in [-0.3, -0.25) is 4.57 Å². The van der Waals surface area contributed by atoms with Crippen LogP contribution in [-0.4, -0.2) is 59.8 Å². The van der Waals surface area contributed by atoms with E-state index in [1.54, 1.807) is 0 Å². The largest absolute Gasteiger partial charge is 0.394 e. The second-order valence-corrected chi connectivity index (χ2v) is 6.28. The zero-order valence-corrected chi connectivity index (χ0v) is 14.0. The van der Waals surface area contributed by atoms with E-state index in [1.165, 1.54) is 10.9 Å². The number of thiocarbonyl (C=S) groups is 1. The normalized spacial score (nSPS) is 27.7. The quantitative estimate of drug-likeness (QED) is 0.407. The molecule has 3 heterocycles. The number of aromatic nitrogens is 3. The Morgan fingerprint density at radius 1 is 1.39 bits per heavy atom. The van der Waals surface area contributed by atoms with Crippen molar-refractivity contribution in [1.82, 2.24) is 14.5 Å². The Hall–Kier alpha value is -1.37. The van der Waals surface area contributed by atoms with Crippen molar-refractivity contribution in [2.45, 2.75) is 24.5 Å². The molecule has 0 aliphatic carbocycles. The summed E-state index contributed by atoms with van der Waals surface area (Å²) in [5, 5.41) is 29.9. The lowest BCUT2D eigenvalue weighted by atomic mass is 10.1. The summed E-state index contributed by atoms with van der Waals surface area (Å²) in [6.07, 6.45) is -3.20. The fourth-order valence-electron chi connectivity index (χ4n) is 2.68. The van der Waals surface area contributed by atoms with Gasteiger partial charge in [0.05, 0.1) is 22.2 Å². The van der Waals surface area contributed by atoms with E-state index >= 15 is 0 Å². The lowest BCUT2D eigenvalue weighted by Crippen LogP contribution is -2.33. The Morgan fingerprint density at radius 3 is 2.65 bits per heavy atom. The fourth-order valence-corrected chi connectivity index (χ4v) is 3.79. The lowest BCUT2D eigenvalue weighted by Gasteiger charge is -2.18. The molecule has 9 nitrogen and oxygen atoms in total. The maximum absolute atomic E-state index is 10.2. The minimum absolute atomic E-state index is 0.0638. The molecule has 0 amide bonds. The van der Waals surface area contributed by atoms with Crippen LogP contribution in [0.2, 0.25) is 0 Å². The maximum Gasteiger partial charge on any atom is 0.165 e. The number of nitrogens with two attached hydrogens (primary N) is 2. The van der Waals surface area contributed by atoms with Crippen LogP contribution in [0.1, 0.15) is 11.8 Å². The van der Waals surface area contributed by atoms with E-state index in [4.69, 9.17) is 28.4 Å². The first-order valence-electron chi connectivity index (χ1n) is 6.60. The summed E-state index contributed by atoms with van der Waals surface area (Å²) in [5.74, 6) is 0.170. The minimum atomic E-state index is -1.28. The third kappa shape index (κ3) is 2.40. The van der Waals surface area contributed by atoms with Crippen LogP contribution >= 0.6 is 28.1 Å². The van der Waals surface area contributed by atoms with E-state index in [2.05, 4.69) is 25.9 Å². The molecule has 0 aromatic carbocycles. The number of anilines is 1. The van der Waals surface area contributed by atoms with E-state index in [0.29, 0.717) is 21.2 Å². The zero-order chi connectivity index (χ0) is 16.9. The van der Waals surface area contributed by atoms with Gasteiger partial charge in [-0.25, -0.2) is 9.97 Å². The Balaban J connectivity index is 2.25. The standard InChI is InChI=1S/C12H14BrN5O4S/c13-8-4(10(15)23)5-9(14)16-2-17-11(5)18(8)12-7(21)6(20)3(1-19)22-12/h2-3,6-7,12,19-21H,1H2,(H2,15,23)(H2,14,16,17)/t3-,6+,7-,12-/m0/s1. The van der Waals surface area contributed by atoms with Crippen molar-refractivity contribution in [1.29, 1.82) is 0 Å². The molecular formula is C12H14BrN5O4S. The van der Waals surface area contributed by atoms with Gasteiger partial charge in [0.1, 0.15) is 41.1 Å². The number of rotatable bonds is 3. The van der Waals surface area contributed by atoms with Gasteiger partial charge in [0.25, 0.3) is 0 Å². The van der Waals surface area contributed by atoms with Crippen LogP contribution in [0.5, 0.6) is 0 Å². The summed E-state index contributed by atoms with van der Waals surface area (Å²) < 4.78 is 7.41. The number of ether oxygens (including phenoxy) is 1. The first-order valence-corrected chi connectivity index (χ1v) is 7.80. The highest BCUT2D eigenvalue weighted by atomic mass is 79.9. The zero-order valence-electron chi connectivity index (χ0n) is 11.6. The van der Waals surface area contributed by atoms with E-state index < -0.39 is 31.1 Å². The number of fused-ring (bicyclic) bond motifs is 1. The van der Waals surface area contributed by atoms with Crippen molar-refractivity contribution in [3.8, 4) is 0 Å². The number of nitrogens with zero attached hydrogens (tertiary/aromatic N) is 3. The lowest BCUT2D eigenvalue weighted by molar-refractivity contribution is -0.0518. The van der Waals surface area contributed by atoms with E-state index in [9.17, 15) is 15.3 Å². The first kappa shape index (κ1) is 16.5. The summed E-state index contributed by atoms with van der Waals surface area (Å²) in [6.45, 7) is -0.440. The second-order valence-electron chi connectivity index (χ2n) is 5.09. The van der Waals surface area contributed by atoms with Crippen molar-refractivity contribution in [2.75, 3.05) is 12.3 Å². The Bertz CT molecular complexity index is 784. The van der Waals surface area contributed by atoms with E-state index in [-0.39, 0.29) is 10.8 Å². The second kappa shape index (κ2) is 5.92. The molecule has 0 unspecified atom stereocenters. The molecule has 2 aromatic heterocycles. The molecule has 0 radical (unpaired) electrons. The van der Waals surface area contributed by atoms with Crippen molar-refractivity contribution in [3.63, 3.8) is 0 Å². The molecule has 0 bridgehead atoms. The van der Waals surface area contributed by atoms with Crippen LogP contribution in [0.15, 0.2) is 10.9 Å². The smallest absolute Gasteiger partial charge is 0.165 e. The monoisotopic (exact) mass is 403 g/mol. The molecule has 3 rings (SSSR count). The molecule has 1 saturated heterocycles. The summed E-state index contributed by atoms with van der Waals surface area (Å²) >= 11 is 8.42. The van der Waals surface area contributed by atoms with E-state index in [1.807, 2.05) is 0 Å². The molecule has 4 atom stereocenters. The predicted molar refractivity (Wildman–Crippen MR) is 88.5 cm³/mol. The van der Waals surface area contributed by atoms with Crippen LogP contribution < -0.4 is 11.5 Å². The third-order valence-electron chi connectivity index (χ3n) is 3.77. The summed E-state index contributed by atoms with van der Waals surface area (Å²) in [5.41, 5.74) is 12.4. The van der Waals surface area contributed by atoms with E-state index in [0.717, 1.165) is 0 Å². The Labute approximate surface area is 144 Å². The first-order chi connectivity index (χ1) is 10.9. The summed E-state index contributed by atoms with van der Waals surface area (Å²) in [4.78, 5) is 8.14. The number of nitrogen functional groups attached to an aromatic ring is 1. The van der Waals surface area contributed by atoms with Crippen LogP contribution in [0, 0.1) is 0 Å². The minimum Gasteiger partial charge on any atom is -0.394 e. The average molecular weight is 404 g/mol. The van der Waals surface area contributed by atoms with Crippen LogP contribution in [0.4, 0.5) is 5.82 Å². The van der Waals surface area contributed by atoms with Gasteiger partial charge in [-0.15, -0.1) is 0 Å². The Kier molecular flexibility index (Phi) is 4.25. The fraction of sp³-hybridized carbons (Fsp3) is 0.417. The van der Waals surface area contributed by atoms with Gasteiger partial charge in [-0.05, 0) is 15.9 Å².